The van der Waals surface area contributed by atoms with Crippen LogP contribution in [0.5, 0.6) is 0 Å². The van der Waals surface area contributed by atoms with Crippen molar-refractivity contribution in [2.75, 3.05) is 6.61 Å². The average molecular weight is 186 g/mol. The summed E-state index contributed by atoms with van der Waals surface area (Å²) in [4.78, 5) is 11.5. The number of carbonyl (C=O) groups excluding carboxylic acids is 1. The monoisotopic (exact) mass is 186 g/mol. The van der Waals surface area contributed by atoms with Gasteiger partial charge in [0.1, 0.15) is 0 Å². The molecule has 0 aromatic carbocycles. The first-order valence-electron chi connectivity index (χ1n) is 5.01. The fourth-order valence-corrected chi connectivity index (χ4v) is 1.89. The lowest BCUT2D eigenvalue weighted by molar-refractivity contribution is -0.174. The van der Waals surface area contributed by atoms with Crippen molar-refractivity contribution in [2.24, 2.45) is 5.92 Å². The van der Waals surface area contributed by atoms with Gasteiger partial charge in [-0.3, -0.25) is 0 Å². The maximum Gasteiger partial charge on any atom is 0.338 e. The van der Waals surface area contributed by atoms with E-state index in [9.17, 15) is 9.90 Å². The summed E-state index contributed by atoms with van der Waals surface area (Å²) < 4.78 is 4.87. The van der Waals surface area contributed by atoms with Gasteiger partial charge in [-0.25, -0.2) is 4.79 Å². The molecule has 0 spiro atoms. The van der Waals surface area contributed by atoms with E-state index < -0.39 is 11.6 Å². The molecule has 0 aromatic rings. The van der Waals surface area contributed by atoms with Gasteiger partial charge in [0.05, 0.1) is 6.61 Å². The summed E-state index contributed by atoms with van der Waals surface area (Å²) in [6.07, 6.45) is 3.48. The highest BCUT2D eigenvalue weighted by Crippen LogP contribution is 2.34. The van der Waals surface area contributed by atoms with E-state index in [4.69, 9.17) is 4.74 Å². The topological polar surface area (TPSA) is 46.5 Å². The molecule has 13 heavy (non-hydrogen) atoms. The van der Waals surface area contributed by atoms with Crippen LogP contribution in [0.4, 0.5) is 0 Å². The second kappa shape index (κ2) is 4.09. The Morgan fingerprint density at radius 2 is 2.31 bits per heavy atom. The number of rotatable bonds is 2. The molecule has 1 fully saturated rings. The molecule has 0 saturated heterocycles. The Morgan fingerprint density at radius 1 is 1.62 bits per heavy atom. The Kier molecular flexibility index (Phi) is 3.31. The van der Waals surface area contributed by atoms with Crippen LogP contribution in [-0.2, 0) is 9.53 Å². The van der Waals surface area contributed by atoms with Crippen LogP contribution in [0.3, 0.4) is 0 Å². The van der Waals surface area contributed by atoms with Crippen molar-refractivity contribution in [3.05, 3.63) is 0 Å². The normalized spacial score (nSPS) is 34.2. The molecule has 1 aliphatic carbocycles. The molecule has 3 heteroatoms. The van der Waals surface area contributed by atoms with Crippen molar-refractivity contribution < 1.29 is 14.6 Å². The molecule has 1 rings (SSSR count). The summed E-state index contributed by atoms with van der Waals surface area (Å²) in [5, 5.41) is 10.1. The molecule has 0 unspecified atom stereocenters. The van der Waals surface area contributed by atoms with Crippen molar-refractivity contribution in [3.63, 3.8) is 0 Å². The Balaban J connectivity index is 2.65. The second-order valence-electron chi connectivity index (χ2n) is 3.79. The van der Waals surface area contributed by atoms with E-state index in [0.717, 1.165) is 19.3 Å². The van der Waals surface area contributed by atoms with Gasteiger partial charge < -0.3 is 9.84 Å². The van der Waals surface area contributed by atoms with E-state index in [0.29, 0.717) is 13.0 Å². The summed E-state index contributed by atoms with van der Waals surface area (Å²) in [5.41, 5.74) is -1.21. The van der Waals surface area contributed by atoms with Crippen molar-refractivity contribution >= 4 is 5.97 Å². The van der Waals surface area contributed by atoms with E-state index in [1.54, 1.807) is 6.92 Å². The lowest BCUT2D eigenvalue weighted by atomic mass is 9.76. The molecule has 1 saturated carbocycles. The first kappa shape index (κ1) is 10.5. The van der Waals surface area contributed by atoms with E-state index >= 15 is 0 Å². The fourth-order valence-electron chi connectivity index (χ4n) is 1.89. The zero-order valence-corrected chi connectivity index (χ0v) is 8.38. The van der Waals surface area contributed by atoms with Gasteiger partial charge in [-0.1, -0.05) is 13.3 Å². The summed E-state index contributed by atoms with van der Waals surface area (Å²) in [5.74, 6) is -0.414. The molecule has 0 heterocycles. The largest absolute Gasteiger partial charge is 0.464 e. The Hall–Kier alpha value is -0.570. The minimum Gasteiger partial charge on any atom is -0.464 e. The van der Waals surface area contributed by atoms with Gasteiger partial charge in [-0.15, -0.1) is 0 Å². The number of hydrogen-bond acceptors (Lipinski definition) is 3. The number of hydrogen-bond donors (Lipinski definition) is 1. The van der Waals surface area contributed by atoms with Crippen LogP contribution in [0, 0.1) is 5.92 Å². The molecule has 0 aromatic heterocycles. The van der Waals surface area contributed by atoms with Crippen molar-refractivity contribution in [1.82, 2.24) is 0 Å². The van der Waals surface area contributed by atoms with E-state index in [1.165, 1.54) is 0 Å². The summed E-state index contributed by atoms with van der Waals surface area (Å²) in [7, 11) is 0. The Morgan fingerprint density at radius 3 is 2.85 bits per heavy atom. The minimum absolute atomic E-state index is 0.0281. The zero-order valence-electron chi connectivity index (χ0n) is 8.38. The Bertz CT molecular complexity index is 191. The Labute approximate surface area is 79.1 Å². The van der Waals surface area contributed by atoms with Crippen molar-refractivity contribution in [2.45, 2.75) is 45.1 Å². The highest BCUT2D eigenvalue weighted by molar-refractivity contribution is 5.79. The molecule has 2 atom stereocenters. The van der Waals surface area contributed by atoms with Crippen LogP contribution in [0.2, 0.25) is 0 Å². The lowest BCUT2D eigenvalue weighted by Crippen LogP contribution is -2.47. The van der Waals surface area contributed by atoms with Crippen molar-refractivity contribution in [3.8, 4) is 0 Å². The second-order valence-corrected chi connectivity index (χ2v) is 3.79. The van der Waals surface area contributed by atoms with Crippen LogP contribution < -0.4 is 0 Å². The number of carbonyl (C=O) groups is 1. The van der Waals surface area contributed by atoms with E-state index in [1.807, 2.05) is 6.92 Å². The van der Waals surface area contributed by atoms with E-state index in [2.05, 4.69) is 0 Å². The minimum atomic E-state index is -1.21. The van der Waals surface area contributed by atoms with Gasteiger partial charge in [-0.2, -0.15) is 0 Å². The predicted molar refractivity (Wildman–Crippen MR) is 49.2 cm³/mol. The molecular weight excluding hydrogens is 168 g/mol. The van der Waals surface area contributed by atoms with Crippen LogP contribution in [0.25, 0.3) is 0 Å². The zero-order chi connectivity index (χ0) is 9.90. The maximum absolute atomic E-state index is 11.5. The number of aliphatic hydroxyl groups is 1. The first-order valence-corrected chi connectivity index (χ1v) is 5.01. The van der Waals surface area contributed by atoms with Crippen LogP contribution in [-0.4, -0.2) is 23.3 Å². The molecule has 3 nitrogen and oxygen atoms in total. The third-order valence-electron chi connectivity index (χ3n) is 2.89. The number of ether oxygens (including phenoxy) is 1. The summed E-state index contributed by atoms with van der Waals surface area (Å²) in [6.45, 7) is 4.01. The summed E-state index contributed by atoms with van der Waals surface area (Å²) >= 11 is 0. The van der Waals surface area contributed by atoms with Gasteiger partial charge in [0, 0.05) is 0 Å². The van der Waals surface area contributed by atoms with Gasteiger partial charge in [0.2, 0.25) is 0 Å². The molecule has 0 bridgehead atoms. The van der Waals surface area contributed by atoms with Crippen LogP contribution in [0.15, 0.2) is 0 Å². The highest BCUT2D eigenvalue weighted by Gasteiger charge is 2.44. The molecule has 1 N–H and O–H groups in total. The third-order valence-corrected chi connectivity index (χ3v) is 2.89. The predicted octanol–water partition coefficient (Wildman–Crippen LogP) is 1.49. The molecule has 1 aliphatic rings. The van der Waals surface area contributed by atoms with Crippen LogP contribution in [0.1, 0.15) is 39.5 Å². The highest BCUT2D eigenvalue weighted by atomic mass is 16.5. The first-order chi connectivity index (χ1) is 6.11. The molecule has 0 amide bonds. The summed E-state index contributed by atoms with van der Waals surface area (Å²) in [6, 6.07) is 0. The third kappa shape index (κ3) is 2.02. The smallest absolute Gasteiger partial charge is 0.338 e. The van der Waals surface area contributed by atoms with Gasteiger partial charge in [0.25, 0.3) is 0 Å². The van der Waals surface area contributed by atoms with Gasteiger partial charge in [0.15, 0.2) is 5.60 Å². The standard InChI is InChI=1S/C10H18O3/c1-3-13-9(11)10(12)7-5-4-6-8(10)2/h8,12H,3-7H2,1-2H3/t8-,10+/m1/s1. The molecule has 0 aliphatic heterocycles. The van der Waals surface area contributed by atoms with Crippen LogP contribution >= 0.6 is 0 Å². The molecular formula is C10H18O3. The molecule has 76 valence electrons. The van der Waals surface area contributed by atoms with E-state index in [-0.39, 0.29) is 5.92 Å². The van der Waals surface area contributed by atoms with Crippen molar-refractivity contribution in [1.29, 1.82) is 0 Å². The maximum atomic E-state index is 11.5. The molecule has 0 radical (unpaired) electrons. The number of esters is 1. The van der Waals surface area contributed by atoms with Gasteiger partial charge >= 0.3 is 5.97 Å². The van der Waals surface area contributed by atoms with Gasteiger partial charge in [-0.05, 0) is 32.1 Å². The average Bonchev–Trinajstić information content (AvgIpc) is 2.11. The fraction of sp³-hybridized carbons (Fsp3) is 0.900. The lowest BCUT2D eigenvalue weighted by Gasteiger charge is -2.35. The SMILES string of the molecule is CCOC(=O)[C@]1(O)CCCC[C@H]1C. The quantitative estimate of drug-likeness (QED) is 0.665.